The Balaban J connectivity index is 1.93. The van der Waals surface area contributed by atoms with Gasteiger partial charge in [-0.2, -0.15) is 0 Å². The highest BCUT2D eigenvalue weighted by Gasteiger charge is 2.15. The van der Waals surface area contributed by atoms with Crippen LogP contribution >= 0.6 is 0 Å². The van der Waals surface area contributed by atoms with Crippen LogP contribution in [0.4, 0.5) is 5.69 Å². The largest absolute Gasteiger partial charge is 0.487 e. The van der Waals surface area contributed by atoms with Crippen molar-refractivity contribution in [2.45, 2.75) is 19.5 Å². The Hall–Kier alpha value is -2.41. The molecular weight excluding hydrogens is 272 g/mol. The lowest BCUT2D eigenvalue weighted by atomic mass is 10.2. The highest BCUT2D eigenvalue weighted by Crippen LogP contribution is 2.28. The summed E-state index contributed by atoms with van der Waals surface area (Å²) in [7, 11) is 1.80. The van der Waals surface area contributed by atoms with Crippen LogP contribution in [0.1, 0.15) is 12.0 Å². The van der Waals surface area contributed by atoms with Crippen LogP contribution < -0.4 is 10.1 Å². The molecule has 0 saturated carbocycles. The van der Waals surface area contributed by atoms with Crippen molar-refractivity contribution < 1.29 is 9.66 Å². The van der Waals surface area contributed by atoms with E-state index in [1.807, 2.05) is 16.8 Å². The lowest BCUT2D eigenvalue weighted by Crippen LogP contribution is -2.07. The molecule has 0 unspecified atom stereocenters. The maximum atomic E-state index is 11.1. The Bertz CT molecular complexity index is 584. The summed E-state index contributed by atoms with van der Waals surface area (Å²) in [5, 5.41) is 14.1. The first kappa shape index (κ1) is 15.0. The van der Waals surface area contributed by atoms with Gasteiger partial charge < -0.3 is 14.6 Å². The summed E-state index contributed by atoms with van der Waals surface area (Å²) < 4.78 is 7.47. The number of nitro groups is 1. The third-order valence-electron chi connectivity index (χ3n) is 2.98. The number of rotatable bonds is 8. The summed E-state index contributed by atoms with van der Waals surface area (Å²) in [4.78, 5) is 14.6. The van der Waals surface area contributed by atoms with Crippen molar-refractivity contribution in [3.8, 4) is 5.75 Å². The SMILES string of the molecule is CNCc1ccc(OCCCn2ccnc2)c([N+](=O)[O-])c1. The quantitative estimate of drug-likeness (QED) is 0.456. The van der Waals surface area contributed by atoms with Gasteiger partial charge in [0, 0.05) is 31.5 Å². The molecule has 7 nitrogen and oxygen atoms in total. The molecular formula is C14H18N4O3. The topological polar surface area (TPSA) is 82.2 Å². The Kier molecular flexibility index (Phi) is 5.28. The molecule has 0 aliphatic heterocycles. The van der Waals surface area contributed by atoms with Crippen LogP contribution in [0.2, 0.25) is 0 Å². The molecule has 1 heterocycles. The maximum Gasteiger partial charge on any atom is 0.311 e. The number of nitro benzene ring substituents is 1. The highest BCUT2D eigenvalue weighted by atomic mass is 16.6. The summed E-state index contributed by atoms with van der Waals surface area (Å²) in [5.74, 6) is 0.311. The van der Waals surface area contributed by atoms with Gasteiger partial charge in [-0.25, -0.2) is 4.98 Å². The monoisotopic (exact) mass is 290 g/mol. The molecule has 21 heavy (non-hydrogen) atoms. The van der Waals surface area contributed by atoms with E-state index in [-0.39, 0.29) is 5.69 Å². The Morgan fingerprint density at radius 1 is 1.48 bits per heavy atom. The van der Waals surface area contributed by atoms with E-state index in [9.17, 15) is 10.1 Å². The van der Waals surface area contributed by atoms with Gasteiger partial charge in [0.1, 0.15) is 0 Å². The van der Waals surface area contributed by atoms with Gasteiger partial charge in [0.25, 0.3) is 0 Å². The molecule has 2 rings (SSSR count). The van der Waals surface area contributed by atoms with Crippen molar-refractivity contribution >= 4 is 5.69 Å². The molecule has 2 aromatic rings. The molecule has 0 aliphatic carbocycles. The predicted octanol–water partition coefficient (Wildman–Crippen LogP) is 1.98. The molecule has 0 amide bonds. The van der Waals surface area contributed by atoms with Crippen LogP contribution in [0.5, 0.6) is 5.75 Å². The molecule has 1 N–H and O–H groups in total. The first-order valence-corrected chi connectivity index (χ1v) is 6.71. The number of ether oxygens (including phenoxy) is 1. The molecule has 1 aromatic heterocycles. The fourth-order valence-electron chi connectivity index (χ4n) is 1.99. The molecule has 0 fully saturated rings. The van der Waals surface area contributed by atoms with Crippen LogP contribution in [0.3, 0.4) is 0 Å². The minimum atomic E-state index is -0.412. The van der Waals surface area contributed by atoms with Crippen molar-refractivity contribution in [2.24, 2.45) is 0 Å². The summed E-state index contributed by atoms with van der Waals surface area (Å²) in [6.07, 6.45) is 6.07. The molecule has 1 aromatic carbocycles. The number of hydrogen-bond acceptors (Lipinski definition) is 5. The molecule has 0 spiro atoms. The molecule has 7 heteroatoms. The first-order valence-electron chi connectivity index (χ1n) is 6.71. The number of imidazole rings is 1. The van der Waals surface area contributed by atoms with Crippen molar-refractivity contribution in [3.05, 3.63) is 52.6 Å². The zero-order valence-corrected chi connectivity index (χ0v) is 11.9. The van der Waals surface area contributed by atoms with E-state index in [0.717, 1.165) is 18.5 Å². The number of aromatic nitrogens is 2. The fourth-order valence-corrected chi connectivity index (χ4v) is 1.99. The zero-order chi connectivity index (χ0) is 15.1. The van der Waals surface area contributed by atoms with E-state index in [2.05, 4.69) is 10.3 Å². The van der Waals surface area contributed by atoms with Crippen molar-refractivity contribution in [2.75, 3.05) is 13.7 Å². The molecule has 0 aliphatic rings. The highest BCUT2D eigenvalue weighted by molar-refractivity contribution is 5.48. The van der Waals surface area contributed by atoms with Gasteiger partial charge in [-0.3, -0.25) is 10.1 Å². The molecule has 0 radical (unpaired) electrons. The third kappa shape index (κ3) is 4.28. The third-order valence-corrected chi connectivity index (χ3v) is 2.98. The van der Waals surface area contributed by atoms with E-state index < -0.39 is 4.92 Å². The zero-order valence-electron chi connectivity index (χ0n) is 11.9. The minimum Gasteiger partial charge on any atom is -0.487 e. The lowest BCUT2D eigenvalue weighted by molar-refractivity contribution is -0.385. The average Bonchev–Trinajstić information content (AvgIpc) is 2.98. The summed E-state index contributed by atoms with van der Waals surface area (Å²) in [6, 6.07) is 5.03. The van der Waals surface area contributed by atoms with Gasteiger partial charge in [-0.15, -0.1) is 0 Å². The van der Waals surface area contributed by atoms with E-state index in [1.54, 1.807) is 31.7 Å². The molecule has 112 valence electrons. The van der Waals surface area contributed by atoms with E-state index in [4.69, 9.17) is 4.74 Å². The number of nitrogens with one attached hydrogen (secondary N) is 1. The maximum absolute atomic E-state index is 11.1. The van der Waals surface area contributed by atoms with E-state index in [0.29, 0.717) is 18.9 Å². The Labute approximate surface area is 122 Å². The number of benzene rings is 1. The normalized spacial score (nSPS) is 10.5. The van der Waals surface area contributed by atoms with E-state index >= 15 is 0 Å². The van der Waals surface area contributed by atoms with Gasteiger partial charge in [0.05, 0.1) is 17.9 Å². The van der Waals surface area contributed by atoms with Crippen molar-refractivity contribution in [1.82, 2.24) is 14.9 Å². The van der Waals surface area contributed by atoms with Crippen LogP contribution in [-0.2, 0) is 13.1 Å². The lowest BCUT2D eigenvalue weighted by Gasteiger charge is -2.08. The Morgan fingerprint density at radius 2 is 2.33 bits per heavy atom. The second kappa shape index (κ2) is 7.39. The second-order valence-electron chi connectivity index (χ2n) is 4.59. The number of aryl methyl sites for hydroxylation is 1. The van der Waals surface area contributed by atoms with Gasteiger partial charge >= 0.3 is 5.69 Å². The molecule has 0 atom stereocenters. The average molecular weight is 290 g/mol. The van der Waals surface area contributed by atoms with Crippen LogP contribution in [-0.4, -0.2) is 28.1 Å². The summed E-state index contributed by atoms with van der Waals surface area (Å²) in [5.41, 5.74) is 0.861. The standard InChI is InChI=1S/C14H18N4O3/c1-15-10-12-3-4-14(13(9-12)18(19)20)21-8-2-6-17-7-5-16-11-17/h3-5,7,9,11,15H,2,6,8,10H2,1H3. The van der Waals surface area contributed by atoms with Gasteiger partial charge in [0.2, 0.25) is 0 Å². The summed E-state index contributed by atoms with van der Waals surface area (Å²) in [6.45, 7) is 1.78. The second-order valence-corrected chi connectivity index (χ2v) is 4.59. The summed E-state index contributed by atoms with van der Waals surface area (Å²) >= 11 is 0. The smallest absolute Gasteiger partial charge is 0.311 e. The van der Waals surface area contributed by atoms with Crippen LogP contribution in [0, 0.1) is 10.1 Å². The first-order chi connectivity index (χ1) is 10.2. The minimum absolute atomic E-state index is 0.00498. The fraction of sp³-hybridized carbons (Fsp3) is 0.357. The predicted molar refractivity (Wildman–Crippen MR) is 78.2 cm³/mol. The van der Waals surface area contributed by atoms with Gasteiger partial charge in [-0.1, -0.05) is 6.07 Å². The number of nitrogens with zero attached hydrogens (tertiary/aromatic N) is 3. The van der Waals surface area contributed by atoms with Gasteiger partial charge in [0.15, 0.2) is 5.75 Å². The van der Waals surface area contributed by atoms with Crippen LogP contribution in [0.15, 0.2) is 36.9 Å². The Morgan fingerprint density at radius 3 is 3.00 bits per heavy atom. The van der Waals surface area contributed by atoms with Crippen molar-refractivity contribution in [1.29, 1.82) is 0 Å². The number of hydrogen-bond donors (Lipinski definition) is 1. The van der Waals surface area contributed by atoms with Crippen LogP contribution in [0.25, 0.3) is 0 Å². The van der Waals surface area contributed by atoms with Gasteiger partial charge in [-0.05, 0) is 25.1 Å². The molecule has 0 bridgehead atoms. The van der Waals surface area contributed by atoms with Crippen molar-refractivity contribution in [3.63, 3.8) is 0 Å². The van der Waals surface area contributed by atoms with E-state index in [1.165, 1.54) is 0 Å². The molecule has 0 saturated heterocycles.